The van der Waals surface area contributed by atoms with Crippen molar-refractivity contribution in [2.24, 2.45) is 0 Å². The fraction of sp³-hybridized carbons (Fsp3) is 0.600. The molecule has 1 fully saturated rings. The van der Waals surface area contributed by atoms with E-state index in [1.54, 1.807) is 12.1 Å². The highest BCUT2D eigenvalue weighted by Crippen LogP contribution is 2.39. The molecule has 1 aliphatic rings. The number of nitrogens with one attached hydrogen (secondary N) is 1. The molecule has 2 rings (SSSR count). The Bertz CT molecular complexity index is 405. The number of thioether (sulfide) groups is 1. The second-order valence-corrected chi connectivity index (χ2v) is 6.49. The minimum atomic E-state index is -2.76. The lowest BCUT2D eigenvalue weighted by Gasteiger charge is -2.27. The summed E-state index contributed by atoms with van der Waals surface area (Å²) >= 11 is 1.96. The van der Waals surface area contributed by atoms with Gasteiger partial charge >= 0.3 is 6.61 Å². The van der Waals surface area contributed by atoms with Gasteiger partial charge in [-0.05, 0) is 36.8 Å². The van der Waals surface area contributed by atoms with Crippen molar-refractivity contribution in [2.75, 3.05) is 12.8 Å². The predicted octanol–water partition coefficient (Wildman–Crippen LogP) is 4.05. The topological polar surface area (TPSA) is 21.3 Å². The fourth-order valence-corrected chi connectivity index (χ4v) is 3.64. The molecule has 2 nitrogen and oxygen atoms in total. The molecule has 1 saturated carbocycles. The molecule has 1 aromatic rings. The van der Waals surface area contributed by atoms with Crippen LogP contribution in [0, 0.1) is 0 Å². The number of benzene rings is 1. The van der Waals surface area contributed by atoms with E-state index in [1.807, 2.05) is 23.9 Å². The van der Waals surface area contributed by atoms with Gasteiger partial charge in [0.15, 0.2) is 0 Å². The average Bonchev–Trinajstić information content (AvgIpc) is 2.90. The first kappa shape index (κ1) is 15.6. The molecular weight excluding hydrogens is 280 g/mol. The first-order valence-corrected chi connectivity index (χ1v) is 8.16. The SMILES string of the molecule is CSC1(CNCc2ccc(OC(F)F)cc2)CCCC1. The van der Waals surface area contributed by atoms with E-state index in [0.29, 0.717) is 4.75 Å². The molecule has 112 valence electrons. The van der Waals surface area contributed by atoms with Gasteiger partial charge in [0.1, 0.15) is 5.75 Å². The maximum Gasteiger partial charge on any atom is 0.387 e. The van der Waals surface area contributed by atoms with Gasteiger partial charge in [0.2, 0.25) is 0 Å². The lowest BCUT2D eigenvalue weighted by atomic mass is 10.1. The van der Waals surface area contributed by atoms with Gasteiger partial charge < -0.3 is 10.1 Å². The Morgan fingerprint density at radius 2 is 1.90 bits per heavy atom. The van der Waals surface area contributed by atoms with Gasteiger partial charge in [-0.3, -0.25) is 0 Å². The van der Waals surface area contributed by atoms with Crippen molar-refractivity contribution in [1.82, 2.24) is 5.32 Å². The quantitative estimate of drug-likeness (QED) is 0.821. The maximum atomic E-state index is 12.0. The Labute approximate surface area is 123 Å². The summed E-state index contributed by atoms with van der Waals surface area (Å²) in [4.78, 5) is 0. The molecule has 20 heavy (non-hydrogen) atoms. The van der Waals surface area contributed by atoms with E-state index < -0.39 is 6.61 Å². The van der Waals surface area contributed by atoms with Crippen LogP contribution in [0.3, 0.4) is 0 Å². The van der Waals surface area contributed by atoms with Crippen molar-refractivity contribution in [2.45, 2.75) is 43.6 Å². The summed E-state index contributed by atoms with van der Waals surface area (Å²) in [6.07, 6.45) is 7.39. The molecule has 0 bridgehead atoms. The summed E-state index contributed by atoms with van der Waals surface area (Å²) in [6.45, 7) is -0.997. The predicted molar refractivity (Wildman–Crippen MR) is 79.5 cm³/mol. The average molecular weight is 301 g/mol. The van der Waals surface area contributed by atoms with E-state index in [-0.39, 0.29) is 5.75 Å². The molecule has 0 saturated heterocycles. The van der Waals surface area contributed by atoms with Gasteiger partial charge in [-0.2, -0.15) is 20.5 Å². The highest BCUT2D eigenvalue weighted by atomic mass is 32.2. The minimum absolute atomic E-state index is 0.208. The summed E-state index contributed by atoms with van der Waals surface area (Å²) in [5.41, 5.74) is 1.08. The lowest BCUT2D eigenvalue weighted by Crippen LogP contribution is -2.34. The Morgan fingerprint density at radius 3 is 2.45 bits per heavy atom. The minimum Gasteiger partial charge on any atom is -0.435 e. The van der Waals surface area contributed by atoms with E-state index in [4.69, 9.17) is 0 Å². The molecule has 0 aliphatic heterocycles. The standard InChI is InChI=1S/C15H21F2NOS/c1-20-15(8-2-3-9-15)11-18-10-12-4-6-13(7-5-12)19-14(16)17/h4-7,14,18H,2-3,8-11H2,1H3. The number of halogens is 2. The summed E-state index contributed by atoms with van der Waals surface area (Å²) in [5.74, 6) is 0.208. The first-order valence-electron chi connectivity index (χ1n) is 6.93. The van der Waals surface area contributed by atoms with Crippen LogP contribution in [0.2, 0.25) is 0 Å². The second-order valence-electron chi connectivity index (χ2n) is 5.22. The van der Waals surface area contributed by atoms with Crippen LogP contribution in [0.5, 0.6) is 5.75 Å². The van der Waals surface area contributed by atoms with Gasteiger partial charge in [0, 0.05) is 17.8 Å². The summed E-state index contributed by atoms with van der Waals surface area (Å²) in [5, 5.41) is 3.49. The summed E-state index contributed by atoms with van der Waals surface area (Å²) in [6, 6.07) is 6.82. The lowest BCUT2D eigenvalue weighted by molar-refractivity contribution is -0.0498. The third kappa shape index (κ3) is 4.35. The van der Waals surface area contributed by atoms with Crippen LogP contribution in [-0.4, -0.2) is 24.2 Å². The third-order valence-electron chi connectivity index (χ3n) is 3.87. The number of hydrogen-bond donors (Lipinski definition) is 1. The molecule has 0 aromatic heterocycles. The molecule has 1 N–H and O–H groups in total. The first-order chi connectivity index (χ1) is 9.63. The van der Waals surface area contributed by atoms with Crippen LogP contribution in [-0.2, 0) is 6.54 Å². The van der Waals surface area contributed by atoms with Crippen molar-refractivity contribution < 1.29 is 13.5 Å². The van der Waals surface area contributed by atoms with Crippen molar-refractivity contribution in [3.05, 3.63) is 29.8 Å². The molecule has 1 aliphatic carbocycles. The number of rotatable bonds is 7. The Kier molecular flexibility index (Phi) is 5.66. The summed E-state index contributed by atoms with van der Waals surface area (Å²) in [7, 11) is 0. The third-order valence-corrected chi connectivity index (χ3v) is 5.29. The van der Waals surface area contributed by atoms with Gasteiger partial charge in [-0.1, -0.05) is 25.0 Å². The van der Waals surface area contributed by atoms with Gasteiger partial charge in [-0.25, -0.2) is 0 Å². The smallest absolute Gasteiger partial charge is 0.387 e. The molecule has 1 aromatic carbocycles. The Hall–Kier alpha value is -0.810. The highest BCUT2D eigenvalue weighted by molar-refractivity contribution is 8.00. The largest absolute Gasteiger partial charge is 0.435 e. The number of alkyl halides is 2. The number of ether oxygens (including phenoxy) is 1. The van der Waals surface area contributed by atoms with Gasteiger partial charge in [0.05, 0.1) is 0 Å². The fourth-order valence-electron chi connectivity index (χ4n) is 2.70. The van der Waals surface area contributed by atoms with E-state index in [0.717, 1.165) is 18.7 Å². The molecule has 0 atom stereocenters. The zero-order chi connectivity index (χ0) is 14.4. The van der Waals surface area contributed by atoms with Crippen LogP contribution in [0.4, 0.5) is 8.78 Å². The van der Waals surface area contributed by atoms with Crippen LogP contribution < -0.4 is 10.1 Å². The Morgan fingerprint density at radius 1 is 1.25 bits per heavy atom. The molecule has 0 spiro atoms. The van der Waals surface area contributed by atoms with Crippen LogP contribution in [0.1, 0.15) is 31.2 Å². The zero-order valence-electron chi connectivity index (χ0n) is 11.7. The molecule has 0 radical (unpaired) electrons. The van der Waals surface area contributed by atoms with Gasteiger partial charge in [-0.15, -0.1) is 0 Å². The van der Waals surface area contributed by atoms with Crippen molar-refractivity contribution in [1.29, 1.82) is 0 Å². The van der Waals surface area contributed by atoms with Crippen LogP contribution in [0.25, 0.3) is 0 Å². The maximum absolute atomic E-state index is 12.0. The number of hydrogen-bond acceptors (Lipinski definition) is 3. The molecule has 0 unspecified atom stereocenters. The van der Waals surface area contributed by atoms with Crippen LogP contribution in [0.15, 0.2) is 24.3 Å². The molecular formula is C15H21F2NOS. The van der Waals surface area contributed by atoms with Crippen molar-refractivity contribution >= 4 is 11.8 Å². The van der Waals surface area contributed by atoms with E-state index in [9.17, 15) is 8.78 Å². The van der Waals surface area contributed by atoms with Crippen molar-refractivity contribution in [3.63, 3.8) is 0 Å². The normalized spacial score (nSPS) is 17.6. The van der Waals surface area contributed by atoms with E-state index >= 15 is 0 Å². The highest BCUT2D eigenvalue weighted by Gasteiger charge is 2.32. The van der Waals surface area contributed by atoms with E-state index in [2.05, 4.69) is 16.3 Å². The van der Waals surface area contributed by atoms with Crippen LogP contribution >= 0.6 is 11.8 Å². The second kappa shape index (κ2) is 7.27. The van der Waals surface area contributed by atoms with Gasteiger partial charge in [0.25, 0.3) is 0 Å². The molecule has 0 amide bonds. The molecule has 5 heteroatoms. The Balaban J connectivity index is 1.79. The monoisotopic (exact) mass is 301 g/mol. The van der Waals surface area contributed by atoms with Crippen molar-refractivity contribution in [3.8, 4) is 5.75 Å². The molecule has 0 heterocycles. The van der Waals surface area contributed by atoms with E-state index in [1.165, 1.54) is 25.7 Å². The summed E-state index contributed by atoms with van der Waals surface area (Å²) < 4.78 is 28.8. The zero-order valence-corrected chi connectivity index (χ0v) is 12.5.